The molecule has 0 radical (unpaired) electrons. The van der Waals surface area contributed by atoms with Gasteiger partial charge in [0.05, 0.1) is 0 Å². The van der Waals surface area contributed by atoms with E-state index in [0.29, 0.717) is 12.5 Å². The first-order chi connectivity index (χ1) is 8.08. The molecule has 0 atom stereocenters. The SMILES string of the molecule is O=C(S)C1CCC(CN2C(=O)C=CC2=O)CC1. The Hall–Kier alpha value is -1.10. The molecule has 2 rings (SSSR count). The summed E-state index contributed by atoms with van der Waals surface area (Å²) in [5.41, 5.74) is 0. The van der Waals surface area contributed by atoms with E-state index in [-0.39, 0.29) is 22.8 Å². The van der Waals surface area contributed by atoms with Crippen LogP contribution in [0, 0.1) is 11.8 Å². The number of carbonyl (C=O) groups excluding carboxylic acids is 3. The lowest BCUT2D eigenvalue weighted by Crippen LogP contribution is -2.36. The molecule has 1 saturated carbocycles. The van der Waals surface area contributed by atoms with E-state index in [9.17, 15) is 14.4 Å². The molecular weight excluding hydrogens is 238 g/mol. The zero-order valence-electron chi connectivity index (χ0n) is 9.46. The predicted octanol–water partition coefficient (Wildman–Crippen LogP) is 1.17. The van der Waals surface area contributed by atoms with E-state index in [4.69, 9.17) is 0 Å². The van der Waals surface area contributed by atoms with Crippen LogP contribution in [0.15, 0.2) is 12.2 Å². The highest BCUT2D eigenvalue weighted by molar-refractivity contribution is 7.96. The number of nitrogens with zero attached hydrogens (tertiary/aromatic N) is 1. The second kappa shape index (κ2) is 5.04. The fourth-order valence-corrected chi connectivity index (χ4v) is 2.72. The molecule has 2 amide bonds. The molecule has 0 aromatic rings. The topological polar surface area (TPSA) is 54.5 Å². The average Bonchev–Trinajstić information content (AvgIpc) is 2.61. The van der Waals surface area contributed by atoms with Gasteiger partial charge in [0.15, 0.2) is 5.12 Å². The number of hydrogen-bond acceptors (Lipinski definition) is 3. The highest BCUT2D eigenvalue weighted by Gasteiger charge is 2.30. The number of imide groups is 1. The lowest BCUT2D eigenvalue weighted by Gasteiger charge is -2.29. The van der Waals surface area contributed by atoms with Crippen molar-refractivity contribution in [3.05, 3.63) is 12.2 Å². The standard InChI is InChI=1S/C12H15NO3S/c14-10-5-6-11(15)13(10)7-8-1-3-9(4-2-8)12(16)17/h5-6,8-9H,1-4,7H2,(H,16,17). The van der Waals surface area contributed by atoms with Crippen molar-refractivity contribution in [1.29, 1.82) is 0 Å². The van der Waals surface area contributed by atoms with Crippen LogP contribution < -0.4 is 0 Å². The molecule has 1 heterocycles. The molecule has 0 bridgehead atoms. The van der Waals surface area contributed by atoms with Gasteiger partial charge >= 0.3 is 0 Å². The molecule has 2 aliphatic rings. The van der Waals surface area contributed by atoms with Crippen molar-refractivity contribution in [2.75, 3.05) is 6.54 Å². The Balaban J connectivity index is 1.84. The maximum atomic E-state index is 11.4. The second-order valence-corrected chi connectivity index (χ2v) is 5.12. The summed E-state index contributed by atoms with van der Waals surface area (Å²) in [4.78, 5) is 35.1. The molecule has 17 heavy (non-hydrogen) atoms. The first kappa shape index (κ1) is 12.4. The van der Waals surface area contributed by atoms with Gasteiger partial charge in [0, 0.05) is 24.6 Å². The van der Waals surface area contributed by atoms with Crippen molar-refractivity contribution in [2.45, 2.75) is 25.7 Å². The molecule has 0 spiro atoms. The molecule has 92 valence electrons. The van der Waals surface area contributed by atoms with E-state index >= 15 is 0 Å². The average molecular weight is 253 g/mol. The molecular formula is C12H15NO3S. The van der Waals surface area contributed by atoms with Gasteiger partial charge < -0.3 is 0 Å². The number of amides is 2. The number of carbonyl (C=O) groups is 3. The van der Waals surface area contributed by atoms with Crippen molar-refractivity contribution < 1.29 is 14.4 Å². The van der Waals surface area contributed by atoms with Crippen LogP contribution in [0.3, 0.4) is 0 Å². The smallest absolute Gasteiger partial charge is 0.253 e. The lowest BCUT2D eigenvalue weighted by atomic mass is 9.82. The van der Waals surface area contributed by atoms with Gasteiger partial charge in [-0.15, -0.1) is 12.6 Å². The van der Waals surface area contributed by atoms with E-state index in [2.05, 4.69) is 12.6 Å². The molecule has 0 aromatic heterocycles. The van der Waals surface area contributed by atoms with Crippen LogP contribution in [0.1, 0.15) is 25.7 Å². The van der Waals surface area contributed by atoms with Crippen LogP contribution in [-0.2, 0) is 14.4 Å². The predicted molar refractivity (Wildman–Crippen MR) is 65.3 cm³/mol. The Morgan fingerprint density at radius 1 is 1.18 bits per heavy atom. The van der Waals surface area contributed by atoms with Crippen LogP contribution in [0.2, 0.25) is 0 Å². The third kappa shape index (κ3) is 2.77. The minimum Gasteiger partial charge on any atom is -0.287 e. The minimum atomic E-state index is -0.220. The third-order valence-electron chi connectivity index (χ3n) is 3.54. The largest absolute Gasteiger partial charge is 0.287 e. The monoisotopic (exact) mass is 253 g/mol. The molecule has 4 nitrogen and oxygen atoms in total. The summed E-state index contributed by atoms with van der Waals surface area (Å²) in [7, 11) is 0. The van der Waals surface area contributed by atoms with E-state index in [1.165, 1.54) is 17.1 Å². The van der Waals surface area contributed by atoms with E-state index < -0.39 is 0 Å². The normalized spacial score (nSPS) is 28.9. The summed E-state index contributed by atoms with van der Waals surface area (Å²) < 4.78 is 0. The van der Waals surface area contributed by atoms with Gasteiger partial charge in [-0.2, -0.15) is 0 Å². The van der Waals surface area contributed by atoms with E-state index in [1.54, 1.807) is 0 Å². The van der Waals surface area contributed by atoms with Crippen molar-refractivity contribution in [3.63, 3.8) is 0 Å². The first-order valence-electron chi connectivity index (χ1n) is 5.84. The molecule has 0 unspecified atom stereocenters. The third-order valence-corrected chi connectivity index (χ3v) is 3.90. The van der Waals surface area contributed by atoms with Gasteiger partial charge in [0.2, 0.25) is 0 Å². The van der Waals surface area contributed by atoms with Crippen molar-refractivity contribution >= 4 is 29.6 Å². The van der Waals surface area contributed by atoms with Crippen LogP contribution in [0.4, 0.5) is 0 Å². The summed E-state index contributed by atoms with van der Waals surface area (Å²) in [6.45, 7) is 0.484. The molecule has 1 aliphatic heterocycles. The highest BCUT2D eigenvalue weighted by atomic mass is 32.1. The van der Waals surface area contributed by atoms with E-state index in [0.717, 1.165) is 25.7 Å². The number of thiol groups is 1. The summed E-state index contributed by atoms with van der Waals surface area (Å²) in [5, 5.41) is -0.0431. The maximum absolute atomic E-state index is 11.4. The molecule has 0 N–H and O–H groups in total. The second-order valence-electron chi connectivity index (χ2n) is 4.68. The Labute approximate surface area is 105 Å². The van der Waals surface area contributed by atoms with Gasteiger partial charge in [-0.05, 0) is 31.6 Å². The number of hydrogen-bond donors (Lipinski definition) is 1. The maximum Gasteiger partial charge on any atom is 0.253 e. The number of rotatable bonds is 3. The van der Waals surface area contributed by atoms with Gasteiger partial charge in [0.1, 0.15) is 0 Å². The Morgan fingerprint density at radius 3 is 2.18 bits per heavy atom. The van der Waals surface area contributed by atoms with Crippen molar-refractivity contribution in [2.24, 2.45) is 11.8 Å². The van der Waals surface area contributed by atoms with Crippen LogP contribution in [-0.4, -0.2) is 28.4 Å². The highest BCUT2D eigenvalue weighted by Crippen LogP contribution is 2.31. The first-order valence-corrected chi connectivity index (χ1v) is 6.29. The summed E-state index contributed by atoms with van der Waals surface area (Å²) in [5.74, 6) is -0.0609. The minimum absolute atomic E-state index is 0.0431. The Kier molecular flexibility index (Phi) is 3.66. The summed E-state index contributed by atoms with van der Waals surface area (Å²) >= 11 is 3.85. The molecule has 5 heteroatoms. The van der Waals surface area contributed by atoms with E-state index in [1.807, 2.05) is 0 Å². The van der Waals surface area contributed by atoms with Gasteiger partial charge in [-0.3, -0.25) is 19.3 Å². The summed E-state index contributed by atoms with van der Waals surface area (Å²) in [6, 6.07) is 0. The molecule has 1 aliphatic carbocycles. The zero-order chi connectivity index (χ0) is 12.4. The van der Waals surface area contributed by atoms with Crippen LogP contribution in [0.25, 0.3) is 0 Å². The van der Waals surface area contributed by atoms with Gasteiger partial charge in [0.25, 0.3) is 11.8 Å². The van der Waals surface area contributed by atoms with Gasteiger partial charge in [-0.25, -0.2) is 0 Å². The molecule has 0 saturated heterocycles. The quantitative estimate of drug-likeness (QED) is 0.607. The fourth-order valence-electron chi connectivity index (χ4n) is 2.46. The van der Waals surface area contributed by atoms with Gasteiger partial charge in [-0.1, -0.05) is 0 Å². The van der Waals surface area contributed by atoms with Crippen molar-refractivity contribution in [1.82, 2.24) is 4.90 Å². The Morgan fingerprint density at radius 2 is 1.71 bits per heavy atom. The fraction of sp³-hybridized carbons (Fsp3) is 0.583. The van der Waals surface area contributed by atoms with Crippen molar-refractivity contribution in [3.8, 4) is 0 Å². The Bertz CT molecular complexity index is 365. The lowest BCUT2D eigenvalue weighted by molar-refractivity contribution is -0.138. The van der Waals surface area contributed by atoms with Crippen LogP contribution >= 0.6 is 12.6 Å². The zero-order valence-corrected chi connectivity index (χ0v) is 10.4. The summed E-state index contributed by atoms with van der Waals surface area (Å²) in [6.07, 6.45) is 6.02. The molecule has 0 aromatic carbocycles. The van der Waals surface area contributed by atoms with Crippen LogP contribution in [0.5, 0.6) is 0 Å². The molecule has 1 fully saturated rings.